The Bertz CT molecular complexity index is 496. The number of rotatable bonds is 6. The second-order valence-electron chi connectivity index (χ2n) is 3.99. The average Bonchev–Trinajstić information content (AvgIpc) is 2.76. The van der Waals surface area contributed by atoms with E-state index in [0.29, 0.717) is 25.0 Å². The summed E-state index contributed by atoms with van der Waals surface area (Å²) in [5.41, 5.74) is 1.75. The van der Waals surface area contributed by atoms with Crippen LogP contribution in [0.2, 0.25) is 0 Å². The van der Waals surface area contributed by atoms with Crippen LogP contribution in [0.4, 0.5) is 0 Å². The molecule has 0 aliphatic rings. The fourth-order valence-corrected chi connectivity index (χ4v) is 1.81. The zero-order valence-electron chi connectivity index (χ0n) is 9.74. The van der Waals surface area contributed by atoms with Crippen molar-refractivity contribution >= 4 is 6.47 Å². The Morgan fingerprint density at radius 3 is 2.72 bits per heavy atom. The second kappa shape index (κ2) is 5.86. The van der Waals surface area contributed by atoms with E-state index in [2.05, 4.69) is 10.2 Å². The molecule has 1 unspecified atom stereocenters. The lowest BCUT2D eigenvalue weighted by Crippen LogP contribution is -2.18. The molecule has 1 heterocycles. The summed E-state index contributed by atoms with van der Waals surface area (Å²) < 4.78 is 5.04. The Labute approximate surface area is 104 Å². The van der Waals surface area contributed by atoms with Crippen LogP contribution < -0.4 is 0 Å². The minimum Gasteiger partial charge on any atom is -0.494 e. The minimum absolute atomic E-state index is 0.00886. The Balaban J connectivity index is 2.02. The van der Waals surface area contributed by atoms with Crippen LogP contribution in [0.25, 0.3) is 0 Å². The number of aromatic hydroxyl groups is 1. The Morgan fingerprint density at radius 2 is 2.11 bits per heavy atom. The lowest BCUT2D eigenvalue weighted by Gasteiger charge is -2.13. The van der Waals surface area contributed by atoms with Crippen molar-refractivity contribution in [3.05, 3.63) is 47.7 Å². The fraction of sp³-hybridized carbons (Fsp3) is 0.231. The SMILES string of the molecule is O=COC(Cc1ccccc1)Cc1cc(O)[nH]n1. The summed E-state index contributed by atoms with van der Waals surface area (Å²) in [6.07, 6.45) is 0.797. The van der Waals surface area contributed by atoms with Gasteiger partial charge in [0.2, 0.25) is 5.88 Å². The summed E-state index contributed by atoms with van der Waals surface area (Å²) in [4.78, 5) is 10.5. The number of benzene rings is 1. The molecule has 0 amide bonds. The number of hydrogen-bond acceptors (Lipinski definition) is 4. The van der Waals surface area contributed by atoms with Gasteiger partial charge in [-0.2, -0.15) is 5.10 Å². The van der Waals surface area contributed by atoms with Gasteiger partial charge in [-0.25, -0.2) is 5.10 Å². The standard InChI is InChI=1S/C13H14N2O3/c16-9-18-12(6-10-4-2-1-3-5-10)7-11-8-13(17)15-14-11/h1-5,8-9,12H,6-7H2,(H2,14,15,17). The number of H-pyrrole nitrogens is 1. The lowest BCUT2D eigenvalue weighted by molar-refractivity contribution is -0.133. The van der Waals surface area contributed by atoms with Crippen LogP contribution in [0, 0.1) is 0 Å². The lowest BCUT2D eigenvalue weighted by atomic mass is 10.0. The quantitative estimate of drug-likeness (QED) is 0.756. The summed E-state index contributed by atoms with van der Waals surface area (Å²) in [5, 5.41) is 15.5. The molecule has 2 aromatic rings. The van der Waals surface area contributed by atoms with Gasteiger partial charge in [0.1, 0.15) is 6.10 Å². The molecular formula is C13H14N2O3. The van der Waals surface area contributed by atoms with Crippen LogP contribution in [-0.4, -0.2) is 27.9 Å². The van der Waals surface area contributed by atoms with Crippen LogP contribution in [0.3, 0.4) is 0 Å². The Kier molecular flexibility index (Phi) is 3.96. The van der Waals surface area contributed by atoms with E-state index in [1.807, 2.05) is 30.3 Å². The molecule has 0 saturated heterocycles. The van der Waals surface area contributed by atoms with Crippen molar-refractivity contribution < 1.29 is 14.6 Å². The highest BCUT2D eigenvalue weighted by atomic mass is 16.5. The molecule has 0 radical (unpaired) electrons. The van der Waals surface area contributed by atoms with Crippen molar-refractivity contribution in [1.82, 2.24) is 10.2 Å². The molecule has 0 bridgehead atoms. The molecule has 0 aliphatic heterocycles. The maximum absolute atomic E-state index is 10.5. The van der Waals surface area contributed by atoms with Crippen LogP contribution in [0.15, 0.2) is 36.4 Å². The third-order valence-corrected chi connectivity index (χ3v) is 2.61. The van der Waals surface area contributed by atoms with E-state index in [4.69, 9.17) is 9.84 Å². The summed E-state index contributed by atoms with van der Waals surface area (Å²) in [5.74, 6) is 0.00886. The second-order valence-corrected chi connectivity index (χ2v) is 3.99. The van der Waals surface area contributed by atoms with E-state index < -0.39 is 0 Å². The van der Waals surface area contributed by atoms with Gasteiger partial charge in [-0.3, -0.25) is 4.79 Å². The smallest absolute Gasteiger partial charge is 0.293 e. The highest BCUT2D eigenvalue weighted by Crippen LogP contribution is 2.12. The van der Waals surface area contributed by atoms with Crippen molar-refractivity contribution in [1.29, 1.82) is 0 Å². The molecule has 2 rings (SSSR count). The Morgan fingerprint density at radius 1 is 1.33 bits per heavy atom. The van der Waals surface area contributed by atoms with Crippen LogP contribution in [0.5, 0.6) is 5.88 Å². The highest BCUT2D eigenvalue weighted by Gasteiger charge is 2.13. The minimum atomic E-state index is -0.285. The van der Waals surface area contributed by atoms with E-state index in [0.717, 1.165) is 5.56 Å². The fourth-order valence-electron chi connectivity index (χ4n) is 1.81. The van der Waals surface area contributed by atoms with E-state index in [1.54, 1.807) is 0 Å². The summed E-state index contributed by atoms with van der Waals surface area (Å²) >= 11 is 0. The maximum atomic E-state index is 10.5. The number of nitrogens with one attached hydrogen (secondary N) is 1. The average molecular weight is 246 g/mol. The molecule has 1 aromatic heterocycles. The first kappa shape index (κ1) is 12.2. The molecule has 1 atom stereocenters. The van der Waals surface area contributed by atoms with Gasteiger partial charge < -0.3 is 9.84 Å². The van der Waals surface area contributed by atoms with Gasteiger partial charge in [0.25, 0.3) is 6.47 Å². The number of ether oxygens (including phenoxy) is 1. The molecule has 5 heteroatoms. The monoisotopic (exact) mass is 246 g/mol. The molecule has 2 N–H and O–H groups in total. The first-order chi connectivity index (χ1) is 8.78. The zero-order chi connectivity index (χ0) is 12.8. The van der Waals surface area contributed by atoms with Crippen molar-refractivity contribution in [3.8, 4) is 5.88 Å². The number of aromatic amines is 1. The number of carbonyl (C=O) groups is 1. The van der Waals surface area contributed by atoms with Gasteiger partial charge in [0.05, 0.1) is 5.69 Å². The van der Waals surface area contributed by atoms with Crippen LogP contribution in [0.1, 0.15) is 11.3 Å². The topological polar surface area (TPSA) is 75.2 Å². The van der Waals surface area contributed by atoms with Gasteiger partial charge >= 0.3 is 0 Å². The molecule has 18 heavy (non-hydrogen) atoms. The van der Waals surface area contributed by atoms with Gasteiger partial charge in [-0.1, -0.05) is 30.3 Å². The van der Waals surface area contributed by atoms with Crippen molar-refractivity contribution in [2.45, 2.75) is 18.9 Å². The number of carbonyl (C=O) groups excluding carboxylic acids is 1. The van der Waals surface area contributed by atoms with Gasteiger partial charge in [0.15, 0.2) is 0 Å². The van der Waals surface area contributed by atoms with E-state index in [1.165, 1.54) is 6.07 Å². The molecule has 0 saturated carbocycles. The summed E-state index contributed by atoms with van der Waals surface area (Å²) in [6.45, 7) is 0.445. The predicted octanol–water partition coefficient (Wildman–Crippen LogP) is 1.44. The normalized spacial score (nSPS) is 12.0. The molecule has 1 aromatic carbocycles. The number of nitrogens with zero attached hydrogens (tertiary/aromatic N) is 1. The van der Waals surface area contributed by atoms with Gasteiger partial charge in [-0.05, 0) is 5.56 Å². The number of hydrogen-bond donors (Lipinski definition) is 2. The third-order valence-electron chi connectivity index (χ3n) is 2.61. The van der Waals surface area contributed by atoms with Crippen molar-refractivity contribution in [2.24, 2.45) is 0 Å². The van der Waals surface area contributed by atoms with E-state index >= 15 is 0 Å². The first-order valence-electron chi connectivity index (χ1n) is 5.64. The summed E-state index contributed by atoms with van der Waals surface area (Å²) in [6, 6.07) is 11.3. The van der Waals surface area contributed by atoms with E-state index in [-0.39, 0.29) is 12.0 Å². The summed E-state index contributed by atoms with van der Waals surface area (Å²) in [7, 11) is 0. The predicted molar refractivity (Wildman–Crippen MR) is 65.0 cm³/mol. The third kappa shape index (κ3) is 3.35. The molecule has 94 valence electrons. The highest BCUT2D eigenvalue weighted by molar-refractivity contribution is 5.38. The van der Waals surface area contributed by atoms with Crippen LogP contribution >= 0.6 is 0 Å². The van der Waals surface area contributed by atoms with Crippen LogP contribution in [-0.2, 0) is 22.4 Å². The molecule has 0 fully saturated rings. The molecule has 5 nitrogen and oxygen atoms in total. The van der Waals surface area contributed by atoms with Crippen molar-refractivity contribution in [3.63, 3.8) is 0 Å². The van der Waals surface area contributed by atoms with Crippen molar-refractivity contribution in [2.75, 3.05) is 0 Å². The first-order valence-corrected chi connectivity index (χ1v) is 5.64. The molecular weight excluding hydrogens is 232 g/mol. The Hall–Kier alpha value is -2.30. The molecule has 0 spiro atoms. The number of aromatic nitrogens is 2. The zero-order valence-corrected chi connectivity index (χ0v) is 9.74. The van der Waals surface area contributed by atoms with E-state index in [9.17, 15) is 4.79 Å². The van der Waals surface area contributed by atoms with Gasteiger partial charge in [-0.15, -0.1) is 0 Å². The molecule has 0 aliphatic carbocycles. The van der Waals surface area contributed by atoms with Gasteiger partial charge in [0, 0.05) is 18.9 Å². The largest absolute Gasteiger partial charge is 0.494 e. The maximum Gasteiger partial charge on any atom is 0.293 e.